The molecule has 1 amide bonds. The largest absolute Gasteiger partial charge is 0.338 e. The number of halogens is 1. The number of nitrogens with one attached hydrogen (secondary N) is 1. The van der Waals surface area contributed by atoms with Crippen molar-refractivity contribution >= 4 is 18.3 Å². The molecule has 18 heavy (non-hydrogen) atoms. The van der Waals surface area contributed by atoms with E-state index >= 15 is 0 Å². The maximum Gasteiger partial charge on any atom is 0.223 e. The molecular weight excluding hydrogens is 248 g/mol. The molecule has 0 bridgehead atoms. The second-order valence-electron chi connectivity index (χ2n) is 5.66. The molecule has 108 valence electrons. The number of carbonyl (C=O) groups excluding carboxylic acids is 1. The molecule has 0 aromatic heterocycles. The van der Waals surface area contributed by atoms with E-state index in [4.69, 9.17) is 0 Å². The van der Waals surface area contributed by atoms with Gasteiger partial charge in [0, 0.05) is 25.6 Å². The van der Waals surface area contributed by atoms with Crippen LogP contribution >= 0.6 is 12.4 Å². The SMILES string of the molecule is CCCN(C(=O)CC(C)C(C)C)C1CCNC1.Cl. The standard InChI is InChI=1S/C14H28N2O.ClH/c1-5-8-16(13-6-7-15-10-13)14(17)9-12(4)11(2)3;/h11-13,15H,5-10H2,1-4H3;1H. The molecule has 1 N–H and O–H groups in total. The van der Waals surface area contributed by atoms with Gasteiger partial charge in [-0.15, -0.1) is 12.4 Å². The molecule has 1 aliphatic heterocycles. The molecule has 0 aliphatic carbocycles. The third-order valence-corrected chi connectivity index (χ3v) is 3.89. The van der Waals surface area contributed by atoms with Crippen molar-refractivity contribution in [2.75, 3.05) is 19.6 Å². The Morgan fingerprint density at radius 1 is 1.39 bits per heavy atom. The van der Waals surface area contributed by atoms with E-state index in [1.807, 2.05) is 0 Å². The second-order valence-corrected chi connectivity index (χ2v) is 5.66. The van der Waals surface area contributed by atoms with Crippen molar-refractivity contribution in [3.05, 3.63) is 0 Å². The van der Waals surface area contributed by atoms with Crippen LogP contribution in [0.25, 0.3) is 0 Å². The minimum atomic E-state index is 0. The monoisotopic (exact) mass is 276 g/mol. The first-order valence-corrected chi connectivity index (χ1v) is 7.06. The van der Waals surface area contributed by atoms with Gasteiger partial charge in [-0.2, -0.15) is 0 Å². The zero-order valence-electron chi connectivity index (χ0n) is 12.2. The number of nitrogens with zero attached hydrogens (tertiary/aromatic N) is 1. The molecule has 1 aliphatic rings. The van der Waals surface area contributed by atoms with Gasteiger partial charge in [0.2, 0.25) is 5.91 Å². The van der Waals surface area contributed by atoms with Crippen LogP contribution in [0.15, 0.2) is 0 Å². The van der Waals surface area contributed by atoms with Crippen molar-refractivity contribution < 1.29 is 4.79 Å². The van der Waals surface area contributed by atoms with Gasteiger partial charge >= 0.3 is 0 Å². The summed E-state index contributed by atoms with van der Waals surface area (Å²) in [5.41, 5.74) is 0. The Morgan fingerprint density at radius 3 is 2.50 bits per heavy atom. The Labute approximate surface area is 118 Å². The van der Waals surface area contributed by atoms with Crippen LogP contribution in [-0.4, -0.2) is 36.5 Å². The highest BCUT2D eigenvalue weighted by Crippen LogP contribution is 2.18. The topological polar surface area (TPSA) is 32.3 Å². The Kier molecular flexibility index (Phi) is 8.62. The van der Waals surface area contributed by atoms with Crippen LogP contribution in [0.2, 0.25) is 0 Å². The summed E-state index contributed by atoms with van der Waals surface area (Å²) >= 11 is 0. The van der Waals surface area contributed by atoms with Gasteiger partial charge in [0.15, 0.2) is 0 Å². The number of amides is 1. The van der Waals surface area contributed by atoms with E-state index in [9.17, 15) is 4.79 Å². The predicted octanol–water partition coefficient (Wildman–Crippen LogP) is 2.69. The first-order chi connectivity index (χ1) is 8.06. The minimum Gasteiger partial charge on any atom is -0.338 e. The molecule has 1 fully saturated rings. The fourth-order valence-electron chi connectivity index (χ4n) is 2.29. The molecule has 2 unspecified atom stereocenters. The molecule has 3 nitrogen and oxygen atoms in total. The molecular formula is C14H29ClN2O. The maximum absolute atomic E-state index is 12.3. The van der Waals surface area contributed by atoms with E-state index in [0.29, 0.717) is 30.2 Å². The van der Waals surface area contributed by atoms with E-state index in [2.05, 4.69) is 37.9 Å². The quantitative estimate of drug-likeness (QED) is 0.809. The van der Waals surface area contributed by atoms with Crippen molar-refractivity contribution in [3.63, 3.8) is 0 Å². The molecule has 4 heteroatoms. The highest BCUT2D eigenvalue weighted by molar-refractivity contribution is 5.85. The highest BCUT2D eigenvalue weighted by atomic mass is 35.5. The molecule has 0 spiro atoms. The Hall–Kier alpha value is -0.280. The maximum atomic E-state index is 12.3. The van der Waals surface area contributed by atoms with Gasteiger partial charge in [0.25, 0.3) is 0 Å². The Balaban J connectivity index is 0.00000289. The lowest BCUT2D eigenvalue weighted by molar-refractivity contribution is -0.134. The van der Waals surface area contributed by atoms with Crippen molar-refractivity contribution in [2.45, 2.75) is 53.0 Å². The third-order valence-electron chi connectivity index (χ3n) is 3.89. The lowest BCUT2D eigenvalue weighted by Gasteiger charge is -2.30. The Morgan fingerprint density at radius 2 is 2.06 bits per heavy atom. The summed E-state index contributed by atoms with van der Waals surface area (Å²) in [6.45, 7) is 11.7. The number of carbonyl (C=O) groups is 1. The van der Waals surface area contributed by atoms with E-state index in [-0.39, 0.29) is 12.4 Å². The first-order valence-electron chi connectivity index (χ1n) is 7.06. The van der Waals surface area contributed by atoms with Crippen molar-refractivity contribution in [2.24, 2.45) is 11.8 Å². The minimum absolute atomic E-state index is 0. The zero-order chi connectivity index (χ0) is 12.8. The summed E-state index contributed by atoms with van der Waals surface area (Å²) in [6.07, 6.45) is 2.87. The molecule has 1 saturated heterocycles. The van der Waals surface area contributed by atoms with Gasteiger partial charge in [-0.3, -0.25) is 4.79 Å². The fraction of sp³-hybridized carbons (Fsp3) is 0.929. The van der Waals surface area contributed by atoms with Crippen LogP contribution in [0, 0.1) is 11.8 Å². The molecule has 0 saturated carbocycles. The van der Waals surface area contributed by atoms with Crippen LogP contribution in [0.5, 0.6) is 0 Å². The van der Waals surface area contributed by atoms with Crippen molar-refractivity contribution in [3.8, 4) is 0 Å². The van der Waals surface area contributed by atoms with Gasteiger partial charge < -0.3 is 10.2 Å². The molecule has 2 atom stereocenters. The molecule has 0 radical (unpaired) electrons. The van der Waals surface area contributed by atoms with E-state index in [1.54, 1.807) is 0 Å². The normalized spacial score (nSPS) is 20.6. The summed E-state index contributed by atoms with van der Waals surface area (Å²) in [4.78, 5) is 14.4. The van der Waals surface area contributed by atoms with Crippen molar-refractivity contribution in [1.82, 2.24) is 10.2 Å². The number of rotatable bonds is 6. The van der Waals surface area contributed by atoms with Crippen LogP contribution in [0.1, 0.15) is 47.0 Å². The molecule has 0 aromatic carbocycles. The number of hydrogen-bond donors (Lipinski definition) is 1. The van der Waals surface area contributed by atoms with Crippen LogP contribution in [0.3, 0.4) is 0 Å². The molecule has 1 rings (SSSR count). The van der Waals surface area contributed by atoms with Crippen molar-refractivity contribution in [1.29, 1.82) is 0 Å². The highest BCUT2D eigenvalue weighted by Gasteiger charge is 2.26. The summed E-state index contributed by atoms with van der Waals surface area (Å²) in [7, 11) is 0. The average Bonchev–Trinajstić information content (AvgIpc) is 2.78. The number of hydrogen-bond acceptors (Lipinski definition) is 2. The van der Waals surface area contributed by atoms with E-state index in [1.165, 1.54) is 0 Å². The van der Waals surface area contributed by atoms with Gasteiger partial charge in [-0.1, -0.05) is 27.7 Å². The summed E-state index contributed by atoms with van der Waals surface area (Å²) in [5.74, 6) is 1.42. The van der Waals surface area contributed by atoms with Gasteiger partial charge in [0.05, 0.1) is 0 Å². The van der Waals surface area contributed by atoms with Gasteiger partial charge in [0.1, 0.15) is 0 Å². The molecule has 1 heterocycles. The average molecular weight is 277 g/mol. The fourth-order valence-corrected chi connectivity index (χ4v) is 2.29. The van der Waals surface area contributed by atoms with E-state index in [0.717, 1.165) is 32.5 Å². The van der Waals surface area contributed by atoms with E-state index < -0.39 is 0 Å². The van der Waals surface area contributed by atoms with Crippen LogP contribution < -0.4 is 5.32 Å². The first kappa shape index (κ1) is 17.7. The van der Waals surface area contributed by atoms with Crippen LogP contribution in [0.4, 0.5) is 0 Å². The zero-order valence-corrected chi connectivity index (χ0v) is 13.1. The lowest BCUT2D eigenvalue weighted by Crippen LogP contribution is -2.42. The molecule has 0 aromatic rings. The van der Waals surface area contributed by atoms with Crippen LogP contribution in [-0.2, 0) is 4.79 Å². The van der Waals surface area contributed by atoms with Gasteiger partial charge in [-0.05, 0) is 31.2 Å². The smallest absolute Gasteiger partial charge is 0.223 e. The summed E-state index contributed by atoms with van der Waals surface area (Å²) in [6, 6.07) is 0.432. The lowest BCUT2D eigenvalue weighted by atomic mass is 9.94. The predicted molar refractivity (Wildman–Crippen MR) is 79.1 cm³/mol. The third kappa shape index (κ3) is 5.15. The second kappa shape index (κ2) is 8.76. The Bertz CT molecular complexity index is 240. The van der Waals surface area contributed by atoms with Gasteiger partial charge in [-0.25, -0.2) is 0 Å². The summed E-state index contributed by atoms with van der Waals surface area (Å²) in [5, 5.41) is 3.35. The summed E-state index contributed by atoms with van der Waals surface area (Å²) < 4.78 is 0.